The third kappa shape index (κ3) is 5.03. The van der Waals surface area contributed by atoms with Gasteiger partial charge in [-0.2, -0.15) is 0 Å². The number of benzene rings is 1. The van der Waals surface area contributed by atoms with Gasteiger partial charge in [-0.1, -0.05) is 65.8 Å². The Morgan fingerprint density at radius 1 is 1.05 bits per heavy atom. The maximum atomic E-state index is 12.3. The summed E-state index contributed by atoms with van der Waals surface area (Å²) in [5, 5.41) is 2.86. The van der Waals surface area contributed by atoms with Gasteiger partial charge in [0.1, 0.15) is 6.17 Å². The summed E-state index contributed by atoms with van der Waals surface area (Å²) in [6.07, 6.45) is 3.84. The van der Waals surface area contributed by atoms with Gasteiger partial charge in [-0.15, -0.1) is 0 Å². The average molecular weight is 350 g/mol. The first-order valence-corrected chi connectivity index (χ1v) is 8.28. The van der Waals surface area contributed by atoms with E-state index in [2.05, 4.69) is 10.2 Å². The van der Waals surface area contributed by atoms with Gasteiger partial charge in [-0.25, -0.2) is 0 Å². The van der Waals surface area contributed by atoms with Crippen LogP contribution in [0.25, 0.3) is 0 Å². The van der Waals surface area contributed by atoms with Gasteiger partial charge in [0.2, 0.25) is 3.79 Å². The van der Waals surface area contributed by atoms with Crippen LogP contribution in [0.5, 0.6) is 0 Å². The Kier molecular flexibility index (Phi) is 6.18. The van der Waals surface area contributed by atoms with Crippen molar-refractivity contribution in [3.05, 3.63) is 35.9 Å². The van der Waals surface area contributed by atoms with Crippen LogP contribution in [0.2, 0.25) is 0 Å². The van der Waals surface area contributed by atoms with Crippen molar-refractivity contribution in [2.75, 3.05) is 13.1 Å². The van der Waals surface area contributed by atoms with E-state index in [4.69, 9.17) is 34.8 Å². The summed E-state index contributed by atoms with van der Waals surface area (Å²) in [5.41, 5.74) is 0.562. The number of hydrogen-bond acceptors (Lipinski definition) is 2. The van der Waals surface area contributed by atoms with Crippen molar-refractivity contribution in [2.45, 2.75) is 35.6 Å². The van der Waals surface area contributed by atoms with Crippen molar-refractivity contribution < 1.29 is 4.79 Å². The van der Waals surface area contributed by atoms with Gasteiger partial charge in [0, 0.05) is 18.7 Å². The first-order chi connectivity index (χ1) is 9.98. The zero-order valence-electron chi connectivity index (χ0n) is 11.7. The van der Waals surface area contributed by atoms with Crippen LogP contribution in [-0.4, -0.2) is 33.9 Å². The number of amides is 1. The molecule has 1 aliphatic heterocycles. The minimum atomic E-state index is -1.56. The molecule has 0 bridgehead atoms. The highest BCUT2D eigenvalue weighted by Crippen LogP contribution is 2.33. The molecule has 2 rings (SSSR count). The van der Waals surface area contributed by atoms with Crippen LogP contribution in [0, 0.1) is 0 Å². The Labute approximate surface area is 140 Å². The molecule has 6 heteroatoms. The molecule has 0 aliphatic carbocycles. The second-order valence-corrected chi connectivity index (χ2v) is 7.60. The summed E-state index contributed by atoms with van der Waals surface area (Å²) in [4.78, 5) is 14.4. The largest absolute Gasteiger partial charge is 0.332 e. The summed E-state index contributed by atoms with van der Waals surface area (Å²) in [7, 11) is 0. The minimum absolute atomic E-state index is 0.226. The first kappa shape index (κ1) is 16.9. The lowest BCUT2D eigenvalue weighted by molar-refractivity contribution is 0.0853. The SMILES string of the molecule is O=C(N[C@@H](N1CCCCCC1)C(Cl)(Cl)Cl)c1ccccc1. The van der Waals surface area contributed by atoms with E-state index in [1.165, 1.54) is 12.8 Å². The van der Waals surface area contributed by atoms with Crippen molar-refractivity contribution in [3.63, 3.8) is 0 Å². The number of carbonyl (C=O) groups excluding carboxylic acids is 1. The fraction of sp³-hybridized carbons (Fsp3) is 0.533. The second kappa shape index (κ2) is 7.68. The van der Waals surface area contributed by atoms with Gasteiger partial charge < -0.3 is 5.32 Å². The van der Waals surface area contributed by atoms with E-state index < -0.39 is 9.96 Å². The van der Waals surface area contributed by atoms with E-state index in [0.717, 1.165) is 25.9 Å². The number of nitrogens with one attached hydrogen (secondary N) is 1. The molecule has 1 atom stereocenters. The standard InChI is InChI=1S/C15H19Cl3N2O/c16-15(17,18)14(20-10-6-1-2-7-11-20)19-13(21)12-8-4-3-5-9-12/h3-5,8-9,14H,1-2,6-7,10-11H2,(H,19,21)/t14-/m0/s1. The molecular formula is C15H19Cl3N2O. The lowest BCUT2D eigenvalue weighted by Gasteiger charge is -2.35. The molecule has 1 saturated heterocycles. The minimum Gasteiger partial charge on any atom is -0.332 e. The zero-order valence-corrected chi connectivity index (χ0v) is 14.0. The maximum Gasteiger partial charge on any atom is 0.252 e. The second-order valence-electron chi connectivity index (χ2n) is 5.23. The van der Waals surface area contributed by atoms with Crippen molar-refractivity contribution in [2.24, 2.45) is 0 Å². The third-order valence-corrected chi connectivity index (χ3v) is 4.24. The Morgan fingerprint density at radius 2 is 1.62 bits per heavy atom. The van der Waals surface area contributed by atoms with Gasteiger partial charge in [-0.05, 0) is 25.0 Å². The highest BCUT2D eigenvalue weighted by molar-refractivity contribution is 6.68. The maximum absolute atomic E-state index is 12.3. The Hall–Kier alpha value is -0.480. The van der Waals surface area contributed by atoms with Crippen molar-refractivity contribution in [1.82, 2.24) is 10.2 Å². The number of rotatable bonds is 3. The van der Waals surface area contributed by atoms with Crippen molar-refractivity contribution in [1.29, 1.82) is 0 Å². The molecule has 21 heavy (non-hydrogen) atoms. The van der Waals surface area contributed by atoms with Gasteiger partial charge in [0.05, 0.1) is 0 Å². The highest BCUT2D eigenvalue weighted by atomic mass is 35.6. The average Bonchev–Trinajstić information content (AvgIpc) is 2.73. The Balaban J connectivity index is 2.11. The van der Waals surface area contributed by atoms with E-state index in [0.29, 0.717) is 5.56 Å². The molecule has 0 aromatic heterocycles. The van der Waals surface area contributed by atoms with Gasteiger partial charge in [0.15, 0.2) is 0 Å². The van der Waals surface area contributed by atoms with Crippen molar-refractivity contribution in [3.8, 4) is 0 Å². The molecule has 1 heterocycles. The first-order valence-electron chi connectivity index (χ1n) is 7.15. The molecule has 0 saturated carbocycles. The summed E-state index contributed by atoms with van der Waals surface area (Å²) in [6.45, 7) is 1.65. The van der Waals surface area contributed by atoms with E-state index in [1.807, 2.05) is 18.2 Å². The van der Waals surface area contributed by atoms with Crippen LogP contribution < -0.4 is 5.32 Å². The van der Waals surface area contributed by atoms with E-state index in [1.54, 1.807) is 12.1 Å². The smallest absolute Gasteiger partial charge is 0.252 e. The number of carbonyl (C=O) groups is 1. The molecule has 1 aromatic carbocycles. The Morgan fingerprint density at radius 3 is 2.14 bits per heavy atom. The van der Waals surface area contributed by atoms with Crippen LogP contribution >= 0.6 is 34.8 Å². The molecule has 1 aromatic rings. The summed E-state index contributed by atoms with van der Waals surface area (Å²) in [5.74, 6) is -0.226. The van der Waals surface area contributed by atoms with E-state index >= 15 is 0 Å². The molecule has 1 N–H and O–H groups in total. The molecule has 0 unspecified atom stereocenters. The van der Waals surface area contributed by atoms with Gasteiger partial charge >= 0.3 is 0 Å². The molecule has 0 spiro atoms. The molecule has 116 valence electrons. The molecular weight excluding hydrogens is 331 g/mol. The lowest BCUT2D eigenvalue weighted by atomic mass is 10.2. The molecule has 1 aliphatic rings. The molecule has 0 radical (unpaired) electrons. The topological polar surface area (TPSA) is 32.3 Å². The normalized spacial score (nSPS) is 18.8. The van der Waals surface area contributed by atoms with Crippen LogP contribution in [0.1, 0.15) is 36.0 Å². The quantitative estimate of drug-likeness (QED) is 0.837. The number of hydrogen-bond donors (Lipinski definition) is 1. The van der Waals surface area contributed by atoms with Crippen LogP contribution in [-0.2, 0) is 0 Å². The fourth-order valence-electron chi connectivity index (χ4n) is 2.53. The van der Waals surface area contributed by atoms with E-state index in [9.17, 15) is 4.79 Å². The van der Waals surface area contributed by atoms with Gasteiger partial charge in [0.25, 0.3) is 5.91 Å². The van der Waals surface area contributed by atoms with Crippen LogP contribution in [0.3, 0.4) is 0 Å². The summed E-state index contributed by atoms with van der Waals surface area (Å²) < 4.78 is -1.56. The summed E-state index contributed by atoms with van der Waals surface area (Å²) in [6, 6.07) is 8.97. The number of halogens is 3. The number of likely N-dealkylation sites (tertiary alicyclic amines) is 1. The van der Waals surface area contributed by atoms with Gasteiger partial charge in [-0.3, -0.25) is 9.69 Å². The van der Waals surface area contributed by atoms with Crippen LogP contribution in [0.4, 0.5) is 0 Å². The predicted molar refractivity (Wildman–Crippen MR) is 88.0 cm³/mol. The zero-order chi connectivity index (χ0) is 15.3. The predicted octanol–water partition coefficient (Wildman–Crippen LogP) is 3.99. The number of nitrogens with zero attached hydrogens (tertiary/aromatic N) is 1. The monoisotopic (exact) mass is 348 g/mol. The molecule has 1 amide bonds. The summed E-state index contributed by atoms with van der Waals surface area (Å²) >= 11 is 18.3. The highest BCUT2D eigenvalue weighted by Gasteiger charge is 2.38. The molecule has 1 fully saturated rings. The Bertz CT molecular complexity index is 454. The van der Waals surface area contributed by atoms with E-state index in [-0.39, 0.29) is 5.91 Å². The number of alkyl halides is 3. The van der Waals surface area contributed by atoms with Crippen molar-refractivity contribution >= 4 is 40.7 Å². The van der Waals surface area contributed by atoms with Crippen LogP contribution in [0.15, 0.2) is 30.3 Å². The molecule has 3 nitrogen and oxygen atoms in total. The fourth-order valence-corrected chi connectivity index (χ4v) is 3.11. The third-order valence-electron chi connectivity index (χ3n) is 3.62. The lowest BCUT2D eigenvalue weighted by Crippen LogP contribution is -2.55.